The van der Waals surface area contributed by atoms with Crippen LogP contribution in [0, 0.1) is 5.82 Å². The van der Waals surface area contributed by atoms with Gasteiger partial charge in [0.15, 0.2) is 0 Å². The fraction of sp³-hybridized carbons (Fsp3) is 0.667. The van der Waals surface area contributed by atoms with Gasteiger partial charge in [-0.05, 0) is 58.6 Å². The Morgan fingerprint density at radius 2 is 1.88 bits per heavy atom. The molecule has 9 heteroatoms. The van der Waals surface area contributed by atoms with E-state index in [1.165, 1.54) is 6.07 Å². The van der Waals surface area contributed by atoms with Crippen LogP contribution < -0.4 is 15.1 Å². The van der Waals surface area contributed by atoms with Crippen LogP contribution in [0.25, 0.3) is 0 Å². The quantitative estimate of drug-likeness (QED) is 0.718. The fourth-order valence-corrected chi connectivity index (χ4v) is 5.21. The summed E-state index contributed by atoms with van der Waals surface area (Å²) in [5, 5.41) is 13.0. The second kappa shape index (κ2) is 9.00. The Morgan fingerprint density at radius 1 is 1.18 bits per heavy atom. The molecule has 0 radical (unpaired) electrons. The minimum absolute atomic E-state index is 0.0495. The lowest BCUT2D eigenvalue weighted by Gasteiger charge is -2.39. The molecular weight excluding hydrogens is 427 g/mol. The van der Waals surface area contributed by atoms with Crippen LogP contribution in [0.5, 0.6) is 0 Å². The van der Waals surface area contributed by atoms with E-state index in [2.05, 4.69) is 15.1 Å². The van der Waals surface area contributed by atoms with Gasteiger partial charge >= 0.3 is 6.09 Å². The van der Waals surface area contributed by atoms with Crippen LogP contribution in [0.15, 0.2) is 12.1 Å². The number of benzene rings is 1. The number of aliphatic hydroxyl groups is 1. The van der Waals surface area contributed by atoms with E-state index in [9.17, 15) is 14.7 Å². The summed E-state index contributed by atoms with van der Waals surface area (Å²) in [5.74, 6) is -0.385. The van der Waals surface area contributed by atoms with E-state index < -0.39 is 11.8 Å². The van der Waals surface area contributed by atoms with Gasteiger partial charge in [-0.25, -0.2) is 9.18 Å². The summed E-state index contributed by atoms with van der Waals surface area (Å²) in [6.07, 6.45) is 1.84. The van der Waals surface area contributed by atoms with E-state index in [-0.39, 0.29) is 29.9 Å². The highest BCUT2D eigenvalue weighted by atomic mass is 19.1. The van der Waals surface area contributed by atoms with Gasteiger partial charge in [-0.1, -0.05) is 0 Å². The van der Waals surface area contributed by atoms with Crippen molar-refractivity contribution >= 4 is 23.4 Å². The molecule has 1 aromatic carbocycles. The molecule has 33 heavy (non-hydrogen) atoms. The molecule has 2 atom stereocenters. The second-order valence-corrected chi connectivity index (χ2v) is 10.3. The van der Waals surface area contributed by atoms with Gasteiger partial charge in [0.05, 0.1) is 11.7 Å². The van der Waals surface area contributed by atoms with Gasteiger partial charge in [0.25, 0.3) is 0 Å². The van der Waals surface area contributed by atoms with E-state index in [0.29, 0.717) is 44.6 Å². The average Bonchev–Trinajstić information content (AvgIpc) is 3.16. The average molecular weight is 463 g/mol. The van der Waals surface area contributed by atoms with E-state index >= 15 is 4.39 Å². The summed E-state index contributed by atoms with van der Waals surface area (Å²) >= 11 is 0. The van der Waals surface area contributed by atoms with Crippen LogP contribution in [0.2, 0.25) is 0 Å². The number of piperidine rings is 2. The Labute approximate surface area is 194 Å². The number of nitrogens with one attached hydrogen (secondary N) is 1. The zero-order valence-electron chi connectivity index (χ0n) is 19.9. The Hall–Kier alpha value is -2.55. The summed E-state index contributed by atoms with van der Waals surface area (Å²) in [6, 6.07) is 3.12. The highest BCUT2D eigenvalue weighted by Gasteiger charge is 2.37. The van der Waals surface area contributed by atoms with Crippen LogP contribution in [-0.4, -0.2) is 72.6 Å². The lowest BCUT2D eigenvalue weighted by molar-refractivity contribution is -0.127. The van der Waals surface area contributed by atoms with Crippen molar-refractivity contribution in [2.75, 3.05) is 36.5 Å². The number of halogens is 1. The minimum atomic E-state index is -0.926. The molecule has 2 N–H and O–H groups in total. The molecule has 0 spiro atoms. The summed E-state index contributed by atoms with van der Waals surface area (Å²) in [5.41, 5.74) is 1.97. The van der Waals surface area contributed by atoms with Gasteiger partial charge in [0.2, 0.25) is 5.91 Å². The monoisotopic (exact) mass is 462 g/mol. The number of hydrogen-bond donors (Lipinski definition) is 2. The van der Waals surface area contributed by atoms with Gasteiger partial charge in [-0.15, -0.1) is 0 Å². The third kappa shape index (κ3) is 4.88. The number of ether oxygens (including phenoxy) is 1. The predicted molar refractivity (Wildman–Crippen MR) is 124 cm³/mol. The van der Waals surface area contributed by atoms with E-state index in [0.717, 1.165) is 24.1 Å². The Kier molecular flexibility index (Phi) is 6.44. The molecule has 0 bridgehead atoms. The Morgan fingerprint density at radius 3 is 2.52 bits per heavy atom. The van der Waals surface area contributed by atoms with Gasteiger partial charge in [-0.2, -0.15) is 0 Å². The van der Waals surface area contributed by atoms with Crippen LogP contribution in [-0.2, 0) is 16.0 Å². The molecule has 0 aromatic heterocycles. The number of rotatable bonds is 3. The first-order valence-electron chi connectivity index (χ1n) is 11.8. The van der Waals surface area contributed by atoms with Crippen molar-refractivity contribution in [1.82, 2.24) is 10.2 Å². The van der Waals surface area contributed by atoms with E-state index in [4.69, 9.17) is 4.74 Å². The zero-order valence-corrected chi connectivity index (χ0v) is 19.9. The highest BCUT2D eigenvalue weighted by molar-refractivity contribution is 5.78. The number of anilines is 2. The molecule has 3 aliphatic rings. The number of carbonyl (C=O) groups is 2. The molecule has 3 heterocycles. The van der Waals surface area contributed by atoms with Crippen molar-refractivity contribution in [1.29, 1.82) is 0 Å². The lowest BCUT2D eigenvalue weighted by atomic mass is 10.0. The molecule has 0 saturated carbocycles. The van der Waals surface area contributed by atoms with Crippen molar-refractivity contribution in [2.24, 2.45) is 0 Å². The van der Waals surface area contributed by atoms with Crippen molar-refractivity contribution in [2.45, 2.75) is 76.8 Å². The standard InChI is InChI=1S/C24H35FN4O4/c1-24(2,3)33-23(32)27(4)15-9-12-28(13-10-15)21-16-11-14-29(18(16)6-5-17(21)25)19-7-8-20(30)26-22(19)31/h5-6,15,19,22,31H,7-14H2,1-4H3,(H,26,30)/t19-,22?/m1/s1. The molecular formula is C24H35FN4O4. The third-order valence-electron chi connectivity index (χ3n) is 6.87. The summed E-state index contributed by atoms with van der Waals surface area (Å²) in [7, 11) is 1.77. The summed E-state index contributed by atoms with van der Waals surface area (Å²) in [6.45, 7) is 7.53. The molecule has 3 aliphatic heterocycles. The molecule has 2 amide bonds. The van der Waals surface area contributed by atoms with Crippen molar-refractivity contribution in [3.63, 3.8) is 0 Å². The number of aliphatic hydroxyl groups excluding tert-OH is 1. The summed E-state index contributed by atoms with van der Waals surface area (Å²) in [4.78, 5) is 29.9. The van der Waals surface area contributed by atoms with E-state index in [1.54, 1.807) is 18.0 Å². The lowest BCUT2D eigenvalue weighted by Crippen LogP contribution is -2.55. The van der Waals surface area contributed by atoms with Gasteiger partial charge < -0.3 is 29.9 Å². The predicted octanol–water partition coefficient (Wildman–Crippen LogP) is 2.62. The van der Waals surface area contributed by atoms with Crippen molar-refractivity contribution in [3.05, 3.63) is 23.5 Å². The molecule has 2 saturated heterocycles. The second-order valence-electron chi connectivity index (χ2n) is 10.3. The van der Waals surface area contributed by atoms with Gasteiger partial charge in [0.1, 0.15) is 17.6 Å². The number of hydrogen-bond acceptors (Lipinski definition) is 6. The van der Waals surface area contributed by atoms with Crippen LogP contribution in [0.1, 0.15) is 52.0 Å². The molecule has 2 fully saturated rings. The first kappa shape index (κ1) is 23.6. The number of fused-ring (bicyclic) bond motifs is 1. The zero-order chi connectivity index (χ0) is 23.9. The Bertz CT molecular complexity index is 910. The maximum atomic E-state index is 15.0. The smallest absolute Gasteiger partial charge is 0.410 e. The number of amides is 2. The van der Waals surface area contributed by atoms with Crippen LogP contribution >= 0.6 is 0 Å². The number of nitrogens with zero attached hydrogens (tertiary/aromatic N) is 3. The molecule has 1 unspecified atom stereocenters. The van der Waals surface area contributed by atoms with E-state index in [1.807, 2.05) is 20.8 Å². The normalized spacial score (nSPS) is 23.9. The van der Waals surface area contributed by atoms with Gasteiger partial charge in [0, 0.05) is 50.4 Å². The molecule has 1 aromatic rings. The topological polar surface area (TPSA) is 85.4 Å². The van der Waals surface area contributed by atoms with Crippen LogP contribution in [0.4, 0.5) is 20.6 Å². The molecule has 182 valence electrons. The Balaban J connectivity index is 1.46. The van der Waals surface area contributed by atoms with Crippen molar-refractivity contribution < 1.29 is 23.8 Å². The van der Waals surface area contributed by atoms with Crippen LogP contribution in [0.3, 0.4) is 0 Å². The SMILES string of the molecule is CN(C(=O)OC(C)(C)C)C1CCN(c2c(F)ccc3c2CCN3[C@@H]2CCC(=O)NC2O)CC1. The first-order chi connectivity index (χ1) is 15.5. The molecule has 0 aliphatic carbocycles. The molecule has 4 rings (SSSR count). The maximum absolute atomic E-state index is 15.0. The van der Waals surface area contributed by atoms with Gasteiger partial charge in [-0.3, -0.25) is 4.79 Å². The fourth-order valence-electron chi connectivity index (χ4n) is 5.21. The largest absolute Gasteiger partial charge is 0.444 e. The summed E-state index contributed by atoms with van der Waals surface area (Å²) < 4.78 is 20.5. The highest BCUT2D eigenvalue weighted by Crippen LogP contribution is 2.40. The first-order valence-corrected chi connectivity index (χ1v) is 11.8. The maximum Gasteiger partial charge on any atom is 0.410 e. The van der Waals surface area contributed by atoms with Crippen molar-refractivity contribution in [3.8, 4) is 0 Å². The third-order valence-corrected chi connectivity index (χ3v) is 6.87. The molecule has 8 nitrogen and oxygen atoms in total. The number of carbonyl (C=O) groups excluding carboxylic acids is 2. The minimum Gasteiger partial charge on any atom is -0.444 e.